The fourth-order valence-corrected chi connectivity index (χ4v) is 3.95. The Labute approximate surface area is 175 Å². The van der Waals surface area contributed by atoms with Crippen molar-refractivity contribution in [2.75, 3.05) is 32.8 Å². The molecule has 160 valence electrons. The molecule has 1 fully saturated rings. The predicted molar refractivity (Wildman–Crippen MR) is 116 cm³/mol. The number of H-pyrrole nitrogens is 2. The monoisotopic (exact) mass is 411 g/mol. The lowest BCUT2D eigenvalue weighted by atomic mass is 9.97. The molecular formula is C23H29N3O4. The first-order valence-electron chi connectivity index (χ1n) is 10.5. The molecule has 4 rings (SSSR count). The lowest BCUT2D eigenvalue weighted by Crippen LogP contribution is -2.41. The van der Waals surface area contributed by atoms with E-state index in [1.54, 1.807) is 0 Å². The van der Waals surface area contributed by atoms with E-state index in [0.29, 0.717) is 23.7 Å². The first-order valence-corrected chi connectivity index (χ1v) is 10.5. The molecule has 1 atom stereocenters. The first kappa shape index (κ1) is 20.5. The number of aliphatic hydroxyl groups is 1. The van der Waals surface area contributed by atoms with Gasteiger partial charge in [-0.05, 0) is 62.5 Å². The first-order chi connectivity index (χ1) is 14.6. The van der Waals surface area contributed by atoms with Gasteiger partial charge < -0.3 is 29.4 Å². The standard InChI is InChI=1S/C23H29N3O4/c1-16-7-8-20(22-21(16)24-23(28)25-22)30-15-18(27)13-26-11-9-17(10-12-26)14-29-19-5-3-2-4-6-19/h2-8,17-18,27H,9-15H2,1H3,(H2,24,25,28). The molecule has 7 heteroatoms. The summed E-state index contributed by atoms with van der Waals surface area (Å²) in [7, 11) is 0. The zero-order chi connectivity index (χ0) is 20.9. The number of hydrogen-bond acceptors (Lipinski definition) is 5. The Bertz CT molecular complexity index is 1010. The number of ether oxygens (including phenoxy) is 2. The highest BCUT2D eigenvalue weighted by atomic mass is 16.5. The van der Waals surface area contributed by atoms with Crippen LogP contribution in [0.3, 0.4) is 0 Å². The summed E-state index contributed by atoms with van der Waals surface area (Å²) < 4.78 is 11.7. The van der Waals surface area contributed by atoms with Crippen LogP contribution in [-0.4, -0.2) is 58.9 Å². The molecule has 2 heterocycles. The fourth-order valence-electron chi connectivity index (χ4n) is 3.95. The largest absolute Gasteiger partial charge is 0.493 e. The molecule has 2 aromatic carbocycles. The molecule has 0 saturated carbocycles. The maximum absolute atomic E-state index is 11.6. The van der Waals surface area contributed by atoms with Crippen LogP contribution in [0.5, 0.6) is 11.5 Å². The number of nitrogens with one attached hydrogen (secondary N) is 2. The zero-order valence-corrected chi connectivity index (χ0v) is 17.3. The number of β-amino-alcohol motifs (C(OH)–C–C–N with tert-alkyl or cyclic N) is 1. The Balaban J connectivity index is 1.21. The van der Waals surface area contributed by atoms with E-state index in [2.05, 4.69) is 14.9 Å². The van der Waals surface area contributed by atoms with Crippen molar-refractivity contribution >= 4 is 11.0 Å². The number of aliphatic hydroxyl groups excluding tert-OH is 1. The van der Waals surface area contributed by atoms with Crippen molar-refractivity contribution in [1.29, 1.82) is 0 Å². The summed E-state index contributed by atoms with van der Waals surface area (Å²) in [6, 6.07) is 13.6. The highest BCUT2D eigenvalue weighted by Crippen LogP contribution is 2.24. The third kappa shape index (κ3) is 5.04. The Morgan fingerprint density at radius 3 is 2.57 bits per heavy atom. The number of nitrogens with zero attached hydrogens (tertiary/aromatic N) is 1. The minimum absolute atomic E-state index is 0.183. The van der Waals surface area contributed by atoms with Crippen LogP contribution in [-0.2, 0) is 0 Å². The van der Waals surface area contributed by atoms with Crippen LogP contribution in [0.25, 0.3) is 11.0 Å². The van der Waals surface area contributed by atoms with Crippen molar-refractivity contribution in [2.24, 2.45) is 5.92 Å². The average Bonchev–Trinajstić information content (AvgIpc) is 3.16. The van der Waals surface area contributed by atoms with E-state index in [1.165, 1.54) is 0 Å². The molecule has 1 aliphatic rings. The van der Waals surface area contributed by atoms with Crippen LogP contribution in [0.4, 0.5) is 0 Å². The van der Waals surface area contributed by atoms with Crippen molar-refractivity contribution in [3.05, 3.63) is 58.5 Å². The summed E-state index contributed by atoms with van der Waals surface area (Å²) in [6.45, 7) is 5.31. The molecule has 30 heavy (non-hydrogen) atoms. The van der Waals surface area contributed by atoms with Gasteiger partial charge in [0.2, 0.25) is 0 Å². The number of fused-ring (bicyclic) bond motifs is 1. The summed E-state index contributed by atoms with van der Waals surface area (Å²) >= 11 is 0. The Morgan fingerprint density at radius 2 is 1.80 bits per heavy atom. The van der Waals surface area contributed by atoms with Crippen LogP contribution < -0.4 is 15.2 Å². The molecule has 3 aromatic rings. The van der Waals surface area contributed by atoms with Gasteiger partial charge in [-0.25, -0.2) is 4.79 Å². The maximum Gasteiger partial charge on any atom is 0.323 e. The number of imidazole rings is 1. The molecule has 0 amide bonds. The topological polar surface area (TPSA) is 90.6 Å². The number of aromatic nitrogens is 2. The Hall–Kier alpha value is -2.77. The highest BCUT2D eigenvalue weighted by Gasteiger charge is 2.22. The number of aromatic amines is 2. The SMILES string of the molecule is Cc1ccc(OCC(O)CN2CCC(COc3ccccc3)CC2)c2[nH]c(=O)[nH]c12. The summed E-state index contributed by atoms with van der Waals surface area (Å²) in [5.74, 6) is 2.03. The molecule has 1 saturated heterocycles. The molecule has 0 spiro atoms. The Kier molecular flexibility index (Phi) is 6.40. The summed E-state index contributed by atoms with van der Waals surface area (Å²) in [6.07, 6.45) is 1.52. The number of aryl methyl sites for hydroxylation is 1. The van der Waals surface area contributed by atoms with Gasteiger partial charge in [-0.2, -0.15) is 0 Å². The van der Waals surface area contributed by atoms with Crippen LogP contribution in [0.2, 0.25) is 0 Å². The predicted octanol–water partition coefficient (Wildman–Crippen LogP) is 2.70. The highest BCUT2D eigenvalue weighted by molar-refractivity contribution is 5.84. The third-order valence-corrected chi connectivity index (χ3v) is 5.69. The van der Waals surface area contributed by atoms with E-state index in [4.69, 9.17) is 9.47 Å². The number of benzene rings is 2. The summed E-state index contributed by atoms with van der Waals surface area (Å²) in [5, 5.41) is 10.4. The molecule has 0 radical (unpaired) electrons. The second-order valence-electron chi connectivity index (χ2n) is 8.04. The van der Waals surface area contributed by atoms with Crippen LogP contribution in [0.1, 0.15) is 18.4 Å². The molecule has 1 aliphatic heterocycles. The van der Waals surface area contributed by atoms with Crippen molar-refractivity contribution in [1.82, 2.24) is 14.9 Å². The van der Waals surface area contributed by atoms with Crippen molar-refractivity contribution in [2.45, 2.75) is 25.9 Å². The third-order valence-electron chi connectivity index (χ3n) is 5.69. The lowest BCUT2D eigenvalue weighted by Gasteiger charge is -2.33. The van der Waals surface area contributed by atoms with E-state index >= 15 is 0 Å². The number of hydrogen-bond donors (Lipinski definition) is 3. The van der Waals surface area contributed by atoms with E-state index in [1.807, 2.05) is 49.4 Å². The lowest BCUT2D eigenvalue weighted by molar-refractivity contribution is 0.0506. The summed E-state index contributed by atoms with van der Waals surface area (Å²) in [4.78, 5) is 19.4. The van der Waals surface area contributed by atoms with Gasteiger partial charge in [-0.15, -0.1) is 0 Å². The molecule has 0 aliphatic carbocycles. The van der Waals surface area contributed by atoms with Crippen LogP contribution in [0, 0.1) is 12.8 Å². The number of likely N-dealkylation sites (tertiary alicyclic amines) is 1. The van der Waals surface area contributed by atoms with Gasteiger partial charge in [-0.3, -0.25) is 0 Å². The van der Waals surface area contributed by atoms with E-state index in [0.717, 1.165) is 49.4 Å². The minimum Gasteiger partial charge on any atom is -0.493 e. The van der Waals surface area contributed by atoms with Crippen molar-refractivity contribution < 1.29 is 14.6 Å². The average molecular weight is 412 g/mol. The fraction of sp³-hybridized carbons (Fsp3) is 0.435. The van der Waals surface area contributed by atoms with Gasteiger partial charge >= 0.3 is 5.69 Å². The molecule has 7 nitrogen and oxygen atoms in total. The number of para-hydroxylation sites is 1. The van der Waals surface area contributed by atoms with Crippen LogP contribution >= 0.6 is 0 Å². The number of piperidine rings is 1. The molecule has 1 aromatic heterocycles. The van der Waals surface area contributed by atoms with Gasteiger partial charge in [0.05, 0.1) is 12.1 Å². The number of rotatable bonds is 8. The molecular weight excluding hydrogens is 382 g/mol. The van der Waals surface area contributed by atoms with E-state index in [-0.39, 0.29) is 12.3 Å². The van der Waals surface area contributed by atoms with Gasteiger partial charge in [-0.1, -0.05) is 24.3 Å². The van der Waals surface area contributed by atoms with Crippen molar-refractivity contribution in [3.8, 4) is 11.5 Å². The summed E-state index contributed by atoms with van der Waals surface area (Å²) in [5.41, 5.74) is 2.09. The van der Waals surface area contributed by atoms with Gasteiger partial charge in [0.1, 0.15) is 29.7 Å². The normalized spacial score (nSPS) is 16.6. The molecule has 3 N–H and O–H groups in total. The van der Waals surface area contributed by atoms with E-state index in [9.17, 15) is 9.90 Å². The van der Waals surface area contributed by atoms with Gasteiger partial charge in [0, 0.05) is 6.54 Å². The Morgan fingerprint density at radius 1 is 1.07 bits per heavy atom. The minimum atomic E-state index is -0.593. The second kappa shape index (κ2) is 9.36. The van der Waals surface area contributed by atoms with Gasteiger partial charge in [0.25, 0.3) is 0 Å². The molecule has 1 unspecified atom stereocenters. The van der Waals surface area contributed by atoms with Crippen LogP contribution in [0.15, 0.2) is 47.3 Å². The van der Waals surface area contributed by atoms with Crippen molar-refractivity contribution in [3.63, 3.8) is 0 Å². The van der Waals surface area contributed by atoms with E-state index < -0.39 is 6.10 Å². The smallest absolute Gasteiger partial charge is 0.323 e. The zero-order valence-electron chi connectivity index (χ0n) is 17.3. The maximum atomic E-state index is 11.6. The molecule has 0 bridgehead atoms. The second-order valence-corrected chi connectivity index (χ2v) is 8.04. The van der Waals surface area contributed by atoms with Gasteiger partial charge in [0.15, 0.2) is 0 Å². The quantitative estimate of drug-likeness (QED) is 0.530.